The minimum atomic E-state index is -1.22. The topological polar surface area (TPSA) is 183 Å². The number of aromatic nitrogens is 1. The predicted octanol–water partition coefficient (Wildman–Crippen LogP) is 1.75. The van der Waals surface area contributed by atoms with Gasteiger partial charge in [0.25, 0.3) is 11.8 Å². The first-order chi connectivity index (χ1) is 18.9. The number of hydrogen-bond donors (Lipinski definition) is 6. The summed E-state index contributed by atoms with van der Waals surface area (Å²) in [6.07, 6.45) is 3.40. The van der Waals surface area contributed by atoms with Crippen LogP contribution >= 0.6 is 0 Å². The van der Waals surface area contributed by atoms with E-state index in [1.54, 1.807) is 60.9 Å². The average molecular weight is 528 g/mol. The number of hydrogen-bond acceptors (Lipinski definition) is 8. The lowest BCUT2D eigenvalue weighted by Crippen LogP contribution is -2.51. The van der Waals surface area contributed by atoms with Crippen molar-refractivity contribution in [2.24, 2.45) is 5.11 Å². The van der Waals surface area contributed by atoms with Gasteiger partial charge in [0.2, 0.25) is 10.8 Å². The van der Waals surface area contributed by atoms with Crippen LogP contribution < -0.4 is 26.3 Å². The number of hydroxylamine groups is 1. The van der Waals surface area contributed by atoms with Gasteiger partial charge < -0.3 is 16.0 Å². The van der Waals surface area contributed by atoms with E-state index in [0.717, 1.165) is 11.1 Å². The summed E-state index contributed by atoms with van der Waals surface area (Å²) in [5.41, 5.74) is 11.6. The second-order valence-corrected chi connectivity index (χ2v) is 8.30. The van der Waals surface area contributed by atoms with Crippen LogP contribution in [0.5, 0.6) is 0 Å². The second-order valence-electron chi connectivity index (χ2n) is 8.30. The van der Waals surface area contributed by atoms with Crippen LogP contribution in [-0.2, 0) is 16.1 Å². The molecule has 39 heavy (non-hydrogen) atoms. The highest BCUT2D eigenvalue weighted by atomic mass is 16.5. The number of nitrogens with zero attached hydrogens (tertiary/aromatic N) is 3. The number of carbonyl (C=O) groups is 3. The molecule has 3 aromatic rings. The van der Waals surface area contributed by atoms with Crippen LogP contribution in [0.15, 0.2) is 78.2 Å². The van der Waals surface area contributed by atoms with Crippen molar-refractivity contribution in [2.75, 3.05) is 11.9 Å². The first-order valence-corrected chi connectivity index (χ1v) is 11.8. The molecule has 198 valence electrons. The molecule has 1 heterocycles. The summed E-state index contributed by atoms with van der Waals surface area (Å²) in [6.45, 7) is 2.21. The fraction of sp³-hybridized carbons (Fsp3) is 0.185. The van der Waals surface area contributed by atoms with E-state index in [1.165, 1.54) is 12.4 Å². The molecule has 0 saturated heterocycles. The van der Waals surface area contributed by atoms with Crippen LogP contribution in [0.25, 0.3) is 0 Å². The van der Waals surface area contributed by atoms with Crippen LogP contribution in [0.2, 0.25) is 0 Å². The molecule has 0 aliphatic rings. The quantitative estimate of drug-likeness (QED) is 0.0767. The molecule has 0 bridgehead atoms. The van der Waals surface area contributed by atoms with Crippen molar-refractivity contribution >= 4 is 23.4 Å². The summed E-state index contributed by atoms with van der Waals surface area (Å²) in [7, 11) is 0. The summed E-state index contributed by atoms with van der Waals surface area (Å²) in [4.78, 5) is 43.4. The largest absolute Gasteiger partial charge is 0.338 e. The number of anilines is 1. The van der Waals surface area contributed by atoms with Crippen LogP contribution in [0.3, 0.4) is 0 Å². The molecule has 0 radical (unpaired) electrons. The Balaban J connectivity index is 1.53. The summed E-state index contributed by atoms with van der Waals surface area (Å²) >= 11 is 0. The Kier molecular flexibility index (Phi) is 10.6. The zero-order chi connectivity index (χ0) is 28.0. The fourth-order valence-electron chi connectivity index (χ4n) is 3.37. The van der Waals surface area contributed by atoms with Gasteiger partial charge in [0.15, 0.2) is 6.04 Å². The monoisotopic (exact) mass is 527 g/mol. The predicted molar refractivity (Wildman–Crippen MR) is 141 cm³/mol. The maximum Gasteiger partial charge on any atom is 0.268 e. The third-order valence-electron chi connectivity index (χ3n) is 5.43. The minimum Gasteiger partial charge on any atom is -0.338 e. The van der Waals surface area contributed by atoms with Crippen molar-refractivity contribution in [1.82, 2.24) is 26.0 Å². The lowest BCUT2D eigenvalue weighted by atomic mass is 10.1. The molecule has 1 aromatic heterocycles. The molecule has 0 fully saturated rings. The SMILES string of the molecule is CC(N=[N+]=N)[C@H](NC(=O)c1ccc(C#Cc2ccc(NC(=O)CNCc3ccncc3)cc2)cc1)C(=O)NO. The zero-order valence-corrected chi connectivity index (χ0v) is 21.0. The Morgan fingerprint density at radius 2 is 1.62 bits per heavy atom. The van der Waals surface area contributed by atoms with Gasteiger partial charge in [-0.2, -0.15) is 0 Å². The molecule has 2 atom stereocenters. The van der Waals surface area contributed by atoms with Gasteiger partial charge in [-0.15, -0.1) is 0 Å². The van der Waals surface area contributed by atoms with Crippen LogP contribution in [0, 0.1) is 17.4 Å². The first-order valence-electron chi connectivity index (χ1n) is 11.8. The van der Waals surface area contributed by atoms with E-state index < -0.39 is 23.9 Å². The van der Waals surface area contributed by atoms with E-state index in [9.17, 15) is 14.4 Å². The van der Waals surface area contributed by atoms with E-state index in [1.807, 2.05) is 12.1 Å². The number of amides is 3. The molecule has 12 heteroatoms. The molecule has 3 rings (SSSR count). The molecule has 3 amide bonds. The zero-order valence-electron chi connectivity index (χ0n) is 21.0. The molecule has 0 saturated carbocycles. The maximum absolute atomic E-state index is 12.5. The van der Waals surface area contributed by atoms with Crippen molar-refractivity contribution < 1.29 is 19.6 Å². The minimum absolute atomic E-state index is 0.162. The van der Waals surface area contributed by atoms with Gasteiger partial charge in [-0.3, -0.25) is 24.6 Å². The molecule has 0 aliphatic carbocycles. The summed E-state index contributed by atoms with van der Waals surface area (Å²) in [5, 5.41) is 20.8. The van der Waals surface area contributed by atoms with Gasteiger partial charge in [0, 0.05) is 41.3 Å². The number of benzene rings is 2. The number of carbonyl (C=O) groups excluding carboxylic acids is 3. The van der Waals surface area contributed by atoms with Gasteiger partial charge in [0.1, 0.15) is 16.7 Å². The van der Waals surface area contributed by atoms with Crippen LogP contribution in [0.4, 0.5) is 5.69 Å². The summed E-state index contributed by atoms with van der Waals surface area (Å²) in [6, 6.07) is 15.2. The van der Waals surface area contributed by atoms with Gasteiger partial charge >= 0.3 is 0 Å². The summed E-state index contributed by atoms with van der Waals surface area (Å²) in [5.74, 6) is 4.42. The normalized spacial score (nSPS) is 11.5. The third-order valence-corrected chi connectivity index (χ3v) is 5.43. The van der Waals surface area contributed by atoms with Crippen molar-refractivity contribution in [2.45, 2.75) is 25.6 Å². The number of pyridine rings is 1. The van der Waals surface area contributed by atoms with Crippen LogP contribution in [0.1, 0.15) is 34.0 Å². The lowest BCUT2D eigenvalue weighted by Gasteiger charge is -2.16. The Hall–Kier alpha value is -5.21. The molecule has 6 N–H and O–H groups in total. The Bertz CT molecular complexity index is 1390. The van der Waals surface area contributed by atoms with Crippen molar-refractivity contribution in [1.29, 1.82) is 5.53 Å². The first kappa shape index (κ1) is 28.4. The summed E-state index contributed by atoms with van der Waals surface area (Å²) < 4.78 is 0. The lowest BCUT2D eigenvalue weighted by molar-refractivity contribution is -0.131. The Morgan fingerprint density at radius 3 is 2.21 bits per heavy atom. The highest BCUT2D eigenvalue weighted by Gasteiger charge is 2.30. The maximum atomic E-state index is 12.5. The van der Waals surface area contributed by atoms with E-state index in [0.29, 0.717) is 17.8 Å². The standard InChI is InChI=1S/C27H26N8O4/c1-18(33-35-28)25(27(38)34-39)32-26(37)22-8-4-19(5-9-22)2-3-20-6-10-23(11-7-20)31-24(36)17-30-16-21-12-14-29-15-13-21/h4-15,18,25,28,30H,16-17H2,1H3,(H3-,31,32,34,36,37,38,39)/p+1/t18?,25-/m0/s1. The second kappa shape index (κ2) is 14.5. The van der Waals surface area contributed by atoms with Gasteiger partial charge in [-0.1, -0.05) is 11.8 Å². The molecular formula is C27H27N8O4+. The Morgan fingerprint density at radius 1 is 1.00 bits per heavy atom. The van der Waals surface area contributed by atoms with E-state index in [2.05, 4.69) is 42.8 Å². The Labute approximate surface area is 224 Å². The molecule has 12 nitrogen and oxygen atoms in total. The average Bonchev–Trinajstić information content (AvgIpc) is 2.96. The highest BCUT2D eigenvalue weighted by Crippen LogP contribution is 2.10. The molecule has 2 aromatic carbocycles. The molecule has 0 spiro atoms. The van der Waals surface area contributed by atoms with E-state index in [-0.39, 0.29) is 18.0 Å². The van der Waals surface area contributed by atoms with E-state index in [4.69, 9.17) is 10.7 Å². The van der Waals surface area contributed by atoms with Crippen molar-refractivity contribution in [3.8, 4) is 11.8 Å². The van der Waals surface area contributed by atoms with Crippen molar-refractivity contribution in [3.05, 3.63) is 95.3 Å². The molecule has 1 unspecified atom stereocenters. The van der Waals surface area contributed by atoms with Gasteiger partial charge in [-0.05, 0) is 73.2 Å². The van der Waals surface area contributed by atoms with Gasteiger partial charge in [-0.25, -0.2) is 5.48 Å². The smallest absolute Gasteiger partial charge is 0.268 e. The van der Waals surface area contributed by atoms with Gasteiger partial charge in [0.05, 0.1) is 6.54 Å². The number of rotatable bonds is 10. The van der Waals surface area contributed by atoms with E-state index >= 15 is 0 Å². The van der Waals surface area contributed by atoms with Crippen molar-refractivity contribution in [3.63, 3.8) is 0 Å². The molecule has 0 aliphatic heterocycles. The third kappa shape index (κ3) is 8.99. The molecular weight excluding hydrogens is 500 g/mol. The highest BCUT2D eigenvalue weighted by molar-refractivity contribution is 5.97. The van der Waals surface area contributed by atoms with Crippen LogP contribution in [-0.4, -0.2) is 46.5 Å². The fourth-order valence-corrected chi connectivity index (χ4v) is 3.37. The number of nitrogens with one attached hydrogen (secondary N) is 5.